The Morgan fingerprint density at radius 1 is 1.41 bits per heavy atom. The molecule has 0 unspecified atom stereocenters. The van der Waals surface area contributed by atoms with Crippen molar-refractivity contribution in [3.05, 3.63) is 39.6 Å². The average Bonchev–Trinajstić information content (AvgIpc) is 2.80. The minimum atomic E-state index is -0.269. The van der Waals surface area contributed by atoms with E-state index in [1.54, 1.807) is 24.7 Å². The second-order valence-corrected chi connectivity index (χ2v) is 4.77. The van der Waals surface area contributed by atoms with Crippen LogP contribution in [-0.4, -0.2) is 22.9 Å². The molecule has 4 nitrogen and oxygen atoms in total. The highest BCUT2D eigenvalue weighted by molar-refractivity contribution is 7.13. The molecule has 0 saturated carbocycles. The number of halogens is 2. The SMILES string of the molecule is CN(C(=O)c1ccc(Cl)nc1Cl)c1nccs1. The lowest BCUT2D eigenvalue weighted by Gasteiger charge is -2.14. The van der Waals surface area contributed by atoms with Crippen molar-refractivity contribution in [1.29, 1.82) is 0 Å². The number of carbonyl (C=O) groups excluding carboxylic acids is 1. The molecule has 0 radical (unpaired) electrons. The van der Waals surface area contributed by atoms with Crippen molar-refractivity contribution in [1.82, 2.24) is 9.97 Å². The van der Waals surface area contributed by atoms with Crippen LogP contribution in [0.15, 0.2) is 23.7 Å². The number of hydrogen-bond acceptors (Lipinski definition) is 4. The molecule has 0 bridgehead atoms. The van der Waals surface area contributed by atoms with Crippen LogP contribution in [0.3, 0.4) is 0 Å². The minimum absolute atomic E-state index is 0.0888. The summed E-state index contributed by atoms with van der Waals surface area (Å²) in [5.74, 6) is -0.269. The van der Waals surface area contributed by atoms with E-state index < -0.39 is 0 Å². The van der Waals surface area contributed by atoms with Crippen LogP contribution in [0.1, 0.15) is 10.4 Å². The molecule has 7 heteroatoms. The maximum atomic E-state index is 12.1. The lowest BCUT2D eigenvalue weighted by atomic mass is 10.2. The molecule has 0 saturated heterocycles. The zero-order valence-electron chi connectivity index (χ0n) is 8.72. The van der Waals surface area contributed by atoms with E-state index in [4.69, 9.17) is 23.2 Å². The number of hydrogen-bond donors (Lipinski definition) is 0. The van der Waals surface area contributed by atoms with E-state index in [1.807, 2.05) is 0 Å². The molecule has 2 heterocycles. The molecule has 88 valence electrons. The van der Waals surface area contributed by atoms with Crippen molar-refractivity contribution in [2.24, 2.45) is 0 Å². The predicted molar refractivity (Wildman–Crippen MR) is 69.1 cm³/mol. The minimum Gasteiger partial charge on any atom is -0.287 e. The van der Waals surface area contributed by atoms with Crippen LogP contribution < -0.4 is 4.90 Å². The van der Waals surface area contributed by atoms with Gasteiger partial charge in [-0.2, -0.15) is 0 Å². The predicted octanol–water partition coefficient (Wildman–Crippen LogP) is 3.12. The van der Waals surface area contributed by atoms with E-state index in [-0.39, 0.29) is 16.2 Å². The quantitative estimate of drug-likeness (QED) is 0.798. The van der Waals surface area contributed by atoms with Gasteiger partial charge in [-0.1, -0.05) is 23.2 Å². The topological polar surface area (TPSA) is 46.1 Å². The lowest BCUT2D eigenvalue weighted by Crippen LogP contribution is -2.26. The Morgan fingerprint density at radius 3 is 2.76 bits per heavy atom. The van der Waals surface area contributed by atoms with Gasteiger partial charge >= 0.3 is 0 Å². The molecule has 0 aliphatic heterocycles. The largest absolute Gasteiger partial charge is 0.287 e. The summed E-state index contributed by atoms with van der Waals surface area (Å²) >= 11 is 12.9. The molecule has 0 aromatic carbocycles. The molecule has 0 N–H and O–H groups in total. The van der Waals surface area contributed by atoms with Crippen LogP contribution in [0, 0.1) is 0 Å². The van der Waals surface area contributed by atoms with E-state index in [2.05, 4.69) is 9.97 Å². The van der Waals surface area contributed by atoms with Crippen molar-refractivity contribution in [2.75, 3.05) is 11.9 Å². The molecular formula is C10H7Cl2N3OS. The first kappa shape index (κ1) is 12.3. The van der Waals surface area contributed by atoms with Gasteiger partial charge in [-0.15, -0.1) is 11.3 Å². The monoisotopic (exact) mass is 287 g/mol. The first-order valence-corrected chi connectivity index (χ1v) is 6.22. The van der Waals surface area contributed by atoms with Crippen molar-refractivity contribution < 1.29 is 4.79 Å². The summed E-state index contributed by atoms with van der Waals surface area (Å²) in [7, 11) is 1.63. The van der Waals surface area contributed by atoms with Crippen molar-refractivity contribution in [3.8, 4) is 0 Å². The second-order valence-electron chi connectivity index (χ2n) is 3.15. The smallest absolute Gasteiger partial charge is 0.262 e. The molecule has 17 heavy (non-hydrogen) atoms. The van der Waals surface area contributed by atoms with Gasteiger partial charge in [0.05, 0.1) is 5.56 Å². The van der Waals surface area contributed by atoms with Gasteiger partial charge in [0, 0.05) is 18.6 Å². The molecule has 0 atom stereocenters. The summed E-state index contributed by atoms with van der Waals surface area (Å²) in [6.45, 7) is 0. The zero-order chi connectivity index (χ0) is 12.4. The number of pyridine rings is 1. The van der Waals surface area contributed by atoms with Crippen LogP contribution in [0.4, 0.5) is 5.13 Å². The Morgan fingerprint density at radius 2 is 2.18 bits per heavy atom. The van der Waals surface area contributed by atoms with Crippen molar-refractivity contribution >= 4 is 45.6 Å². The number of amides is 1. The van der Waals surface area contributed by atoms with Crippen molar-refractivity contribution in [3.63, 3.8) is 0 Å². The first-order chi connectivity index (χ1) is 8.09. The third-order valence-electron chi connectivity index (χ3n) is 2.06. The van der Waals surface area contributed by atoms with Crippen LogP contribution in [0.2, 0.25) is 10.3 Å². The van der Waals surface area contributed by atoms with Gasteiger partial charge in [0.15, 0.2) is 5.13 Å². The summed E-state index contributed by atoms with van der Waals surface area (Å²) in [5.41, 5.74) is 0.300. The molecule has 1 amide bonds. The highest BCUT2D eigenvalue weighted by atomic mass is 35.5. The van der Waals surface area contributed by atoms with E-state index >= 15 is 0 Å². The lowest BCUT2D eigenvalue weighted by molar-refractivity contribution is 0.0993. The second kappa shape index (κ2) is 5.00. The molecule has 2 rings (SSSR count). The standard InChI is InChI=1S/C10H7Cl2N3OS/c1-15(10-13-4-5-17-10)9(16)6-2-3-7(11)14-8(6)12/h2-5H,1H3. The number of anilines is 1. The zero-order valence-corrected chi connectivity index (χ0v) is 11.1. The molecule has 2 aromatic rings. The normalized spacial score (nSPS) is 10.3. The van der Waals surface area contributed by atoms with Crippen LogP contribution >= 0.6 is 34.5 Å². The molecule has 0 spiro atoms. The fourth-order valence-electron chi connectivity index (χ4n) is 1.22. The summed E-state index contributed by atoms with van der Waals surface area (Å²) in [6, 6.07) is 3.07. The number of carbonyl (C=O) groups is 1. The molecular weight excluding hydrogens is 281 g/mol. The maximum Gasteiger partial charge on any atom is 0.262 e. The highest BCUT2D eigenvalue weighted by Gasteiger charge is 2.18. The van der Waals surface area contributed by atoms with Gasteiger partial charge in [-0.25, -0.2) is 9.97 Å². The van der Waals surface area contributed by atoms with E-state index in [9.17, 15) is 4.79 Å². The molecule has 0 aliphatic rings. The summed E-state index contributed by atoms with van der Waals surface area (Å²) in [5, 5.41) is 2.73. The Bertz CT molecular complexity index is 544. The average molecular weight is 288 g/mol. The Hall–Kier alpha value is -1.17. The van der Waals surface area contributed by atoms with E-state index in [1.165, 1.54) is 22.3 Å². The number of nitrogens with zero attached hydrogens (tertiary/aromatic N) is 3. The third-order valence-corrected chi connectivity index (χ3v) is 3.40. The fraction of sp³-hybridized carbons (Fsp3) is 0.100. The van der Waals surface area contributed by atoms with Crippen LogP contribution in [0.5, 0.6) is 0 Å². The third kappa shape index (κ3) is 2.57. The van der Waals surface area contributed by atoms with Crippen molar-refractivity contribution in [2.45, 2.75) is 0 Å². The Balaban J connectivity index is 2.31. The summed E-state index contributed by atoms with van der Waals surface area (Å²) in [6.07, 6.45) is 1.63. The number of aromatic nitrogens is 2. The maximum absolute atomic E-state index is 12.1. The first-order valence-electron chi connectivity index (χ1n) is 4.59. The Kier molecular flexibility index (Phi) is 3.61. The van der Waals surface area contributed by atoms with Gasteiger partial charge < -0.3 is 0 Å². The van der Waals surface area contributed by atoms with Gasteiger partial charge in [0.1, 0.15) is 10.3 Å². The van der Waals surface area contributed by atoms with E-state index in [0.717, 1.165) is 0 Å². The molecule has 2 aromatic heterocycles. The van der Waals surface area contributed by atoms with Gasteiger partial charge in [0.25, 0.3) is 5.91 Å². The van der Waals surface area contributed by atoms with Gasteiger partial charge in [0.2, 0.25) is 0 Å². The Labute approximate surface area is 112 Å². The molecule has 0 fully saturated rings. The highest BCUT2D eigenvalue weighted by Crippen LogP contribution is 2.22. The van der Waals surface area contributed by atoms with Gasteiger partial charge in [-0.05, 0) is 12.1 Å². The van der Waals surface area contributed by atoms with E-state index in [0.29, 0.717) is 10.7 Å². The molecule has 0 aliphatic carbocycles. The summed E-state index contributed by atoms with van der Waals surface area (Å²) in [4.78, 5) is 21.4. The summed E-state index contributed by atoms with van der Waals surface area (Å²) < 4.78 is 0. The number of rotatable bonds is 2. The van der Waals surface area contributed by atoms with Gasteiger partial charge in [-0.3, -0.25) is 9.69 Å². The fourth-order valence-corrected chi connectivity index (χ4v) is 2.25. The number of thiazole rings is 1. The van der Waals surface area contributed by atoms with Crippen LogP contribution in [0.25, 0.3) is 0 Å². The van der Waals surface area contributed by atoms with Crippen LogP contribution in [-0.2, 0) is 0 Å².